The van der Waals surface area contributed by atoms with Crippen molar-refractivity contribution in [3.05, 3.63) is 35.4 Å². The quantitative estimate of drug-likeness (QED) is 0.816. The van der Waals surface area contributed by atoms with Gasteiger partial charge >= 0.3 is 0 Å². The Balaban J connectivity index is 1.18. The highest BCUT2D eigenvalue weighted by atomic mass is 32.1. The minimum absolute atomic E-state index is 0.220. The first-order chi connectivity index (χ1) is 14.1. The molecule has 2 saturated carbocycles. The number of nitrogens with zero attached hydrogens (tertiary/aromatic N) is 4. The Kier molecular flexibility index (Phi) is 4.81. The van der Waals surface area contributed by atoms with Crippen molar-refractivity contribution in [3.63, 3.8) is 0 Å². The lowest BCUT2D eigenvalue weighted by atomic mass is 9.79. The molecule has 29 heavy (non-hydrogen) atoms. The van der Waals surface area contributed by atoms with Crippen LogP contribution in [0.2, 0.25) is 0 Å². The van der Waals surface area contributed by atoms with Gasteiger partial charge in [0.05, 0.1) is 11.3 Å². The summed E-state index contributed by atoms with van der Waals surface area (Å²) in [7, 11) is 0. The number of hydrogen-bond donors (Lipinski definition) is 1. The molecule has 1 N–H and O–H groups in total. The molecular formula is C21H25N5O2S. The zero-order valence-electron chi connectivity index (χ0n) is 16.3. The molecule has 152 valence electrons. The highest BCUT2D eigenvalue weighted by Crippen LogP contribution is 2.66. The van der Waals surface area contributed by atoms with Gasteiger partial charge in [0, 0.05) is 36.8 Å². The lowest BCUT2D eigenvalue weighted by molar-refractivity contribution is -0.135. The maximum Gasteiger partial charge on any atom is 0.260 e. The largest absolute Gasteiger partial charge is 0.342 e. The van der Waals surface area contributed by atoms with E-state index in [2.05, 4.69) is 25.2 Å². The molecule has 1 saturated heterocycles. The molecule has 3 aliphatic rings. The Morgan fingerprint density at radius 2 is 2.07 bits per heavy atom. The van der Waals surface area contributed by atoms with Crippen molar-refractivity contribution < 1.29 is 9.59 Å². The van der Waals surface area contributed by atoms with Crippen LogP contribution in [0.4, 0.5) is 5.13 Å². The second kappa shape index (κ2) is 7.48. The first-order valence-corrected chi connectivity index (χ1v) is 11.3. The molecule has 7 nitrogen and oxygen atoms in total. The fourth-order valence-corrected chi connectivity index (χ4v) is 5.41. The van der Waals surface area contributed by atoms with Crippen molar-refractivity contribution in [2.45, 2.75) is 44.9 Å². The van der Waals surface area contributed by atoms with Gasteiger partial charge < -0.3 is 4.90 Å². The van der Waals surface area contributed by atoms with Crippen molar-refractivity contribution >= 4 is 28.3 Å². The van der Waals surface area contributed by atoms with Crippen LogP contribution in [0.5, 0.6) is 0 Å². The molecule has 1 spiro atoms. The third kappa shape index (κ3) is 3.66. The van der Waals surface area contributed by atoms with Crippen LogP contribution in [-0.4, -0.2) is 44.8 Å². The Bertz CT molecular complexity index is 904. The van der Waals surface area contributed by atoms with Gasteiger partial charge in [0.25, 0.3) is 5.91 Å². The number of likely N-dealkylation sites (tertiary alicyclic amines) is 1. The van der Waals surface area contributed by atoms with E-state index in [1.807, 2.05) is 5.38 Å². The molecular weight excluding hydrogens is 386 g/mol. The molecule has 1 unspecified atom stereocenters. The van der Waals surface area contributed by atoms with E-state index in [0.29, 0.717) is 33.9 Å². The van der Waals surface area contributed by atoms with Crippen molar-refractivity contribution in [2.24, 2.45) is 17.3 Å². The van der Waals surface area contributed by atoms with E-state index < -0.39 is 0 Å². The standard InChI is InChI=1S/C21H25N5O2S/c27-18(25-20-23-6-9-29-20)15-12-22-13-24-17(15)10-14-2-7-26(8-3-14)19(28)16-11-21(16)4-1-5-21/h6,9,12-14,16H,1-5,7-8,10-11H2,(H,23,25,27). The topological polar surface area (TPSA) is 88.1 Å². The first kappa shape index (κ1) is 18.7. The lowest BCUT2D eigenvalue weighted by Crippen LogP contribution is -2.41. The maximum absolute atomic E-state index is 12.8. The molecule has 1 aliphatic heterocycles. The first-order valence-electron chi connectivity index (χ1n) is 10.4. The number of amides is 2. The highest BCUT2D eigenvalue weighted by Gasteiger charge is 2.61. The zero-order valence-corrected chi connectivity index (χ0v) is 17.2. The summed E-state index contributed by atoms with van der Waals surface area (Å²) in [5.74, 6) is 0.893. The van der Waals surface area contributed by atoms with E-state index in [0.717, 1.165) is 44.5 Å². The normalized spacial score (nSPS) is 22.9. The van der Waals surface area contributed by atoms with Crippen molar-refractivity contribution in [2.75, 3.05) is 18.4 Å². The van der Waals surface area contributed by atoms with Crippen molar-refractivity contribution in [3.8, 4) is 0 Å². The summed E-state index contributed by atoms with van der Waals surface area (Å²) in [6, 6.07) is 0. The number of hydrogen-bond acceptors (Lipinski definition) is 6. The van der Waals surface area contributed by atoms with E-state index in [1.165, 1.54) is 36.9 Å². The summed E-state index contributed by atoms with van der Waals surface area (Å²) in [6.45, 7) is 1.64. The summed E-state index contributed by atoms with van der Waals surface area (Å²) >= 11 is 1.38. The third-order valence-electron chi connectivity index (χ3n) is 6.94. The van der Waals surface area contributed by atoms with Gasteiger partial charge in [0.1, 0.15) is 6.33 Å². The van der Waals surface area contributed by atoms with Gasteiger partial charge in [-0.05, 0) is 49.9 Å². The summed E-state index contributed by atoms with van der Waals surface area (Å²) in [5.41, 5.74) is 1.68. The SMILES string of the molecule is O=C(Nc1nccs1)c1cncnc1CC1CCN(C(=O)C2CC23CCC3)CC1. The number of carbonyl (C=O) groups is 2. The van der Waals surface area contributed by atoms with Gasteiger partial charge in [0.2, 0.25) is 5.91 Å². The zero-order chi connectivity index (χ0) is 19.8. The van der Waals surface area contributed by atoms with Crippen LogP contribution in [0.15, 0.2) is 24.1 Å². The van der Waals surface area contributed by atoms with Crippen LogP contribution < -0.4 is 5.32 Å². The molecule has 2 amide bonds. The highest BCUT2D eigenvalue weighted by molar-refractivity contribution is 7.13. The van der Waals surface area contributed by atoms with Crippen LogP contribution in [-0.2, 0) is 11.2 Å². The number of nitrogens with one attached hydrogen (secondary N) is 1. The van der Waals surface area contributed by atoms with E-state index in [9.17, 15) is 9.59 Å². The summed E-state index contributed by atoms with van der Waals surface area (Å²) in [4.78, 5) is 40.0. The molecule has 3 heterocycles. The fraction of sp³-hybridized carbons (Fsp3) is 0.571. The average Bonchev–Trinajstić information content (AvgIpc) is 3.30. The predicted molar refractivity (Wildman–Crippen MR) is 109 cm³/mol. The Hall–Kier alpha value is -2.35. The smallest absolute Gasteiger partial charge is 0.260 e. The van der Waals surface area contributed by atoms with Crippen molar-refractivity contribution in [1.29, 1.82) is 0 Å². The molecule has 5 rings (SSSR count). The summed E-state index contributed by atoms with van der Waals surface area (Å²) in [6.07, 6.45) is 12.3. The van der Waals surface area contributed by atoms with Crippen molar-refractivity contribution in [1.82, 2.24) is 19.9 Å². The predicted octanol–water partition coefficient (Wildman–Crippen LogP) is 3.16. The van der Waals surface area contributed by atoms with Crippen LogP contribution in [0.25, 0.3) is 0 Å². The van der Waals surface area contributed by atoms with Gasteiger partial charge in [-0.1, -0.05) is 6.42 Å². The fourth-order valence-electron chi connectivity index (χ4n) is 4.89. The molecule has 2 aromatic heterocycles. The molecule has 0 aromatic carbocycles. The van der Waals surface area contributed by atoms with E-state index in [4.69, 9.17) is 0 Å². The number of rotatable bonds is 5. The lowest BCUT2D eigenvalue weighted by Gasteiger charge is -2.34. The van der Waals surface area contributed by atoms with E-state index >= 15 is 0 Å². The van der Waals surface area contributed by atoms with Gasteiger partial charge in [-0.2, -0.15) is 0 Å². The third-order valence-corrected chi connectivity index (χ3v) is 7.63. The van der Waals surface area contributed by atoms with E-state index in [-0.39, 0.29) is 5.91 Å². The molecule has 2 aromatic rings. The summed E-state index contributed by atoms with van der Waals surface area (Å²) in [5, 5.41) is 5.20. The average molecular weight is 412 g/mol. The number of carbonyl (C=O) groups excluding carboxylic acids is 2. The molecule has 0 radical (unpaired) electrons. The molecule has 0 bridgehead atoms. The maximum atomic E-state index is 12.8. The Morgan fingerprint density at radius 3 is 2.72 bits per heavy atom. The second-order valence-corrected chi connectivity index (χ2v) is 9.51. The molecule has 2 aliphatic carbocycles. The van der Waals surface area contributed by atoms with Gasteiger partial charge in [-0.25, -0.2) is 15.0 Å². The van der Waals surface area contributed by atoms with Gasteiger partial charge in [-0.3, -0.25) is 14.9 Å². The monoisotopic (exact) mass is 411 g/mol. The van der Waals surface area contributed by atoms with Crippen LogP contribution >= 0.6 is 11.3 Å². The van der Waals surface area contributed by atoms with Gasteiger partial charge in [-0.15, -0.1) is 11.3 Å². The summed E-state index contributed by atoms with van der Waals surface area (Å²) < 4.78 is 0. The molecule has 1 atom stereocenters. The second-order valence-electron chi connectivity index (χ2n) is 8.62. The van der Waals surface area contributed by atoms with E-state index in [1.54, 1.807) is 12.4 Å². The number of piperidine rings is 1. The number of anilines is 1. The van der Waals surface area contributed by atoms with Gasteiger partial charge in [0.15, 0.2) is 5.13 Å². The minimum atomic E-state index is -0.220. The van der Waals surface area contributed by atoms with Crippen LogP contribution in [0.3, 0.4) is 0 Å². The molecule has 3 fully saturated rings. The minimum Gasteiger partial charge on any atom is -0.342 e. The number of aromatic nitrogens is 3. The Labute approximate surface area is 174 Å². The van der Waals surface area contributed by atoms with Crippen LogP contribution in [0, 0.1) is 17.3 Å². The Morgan fingerprint density at radius 1 is 1.24 bits per heavy atom. The van der Waals surface area contributed by atoms with Crippen LogP contribution in [0.1, 0.15) is 54.6 Å². The molecule has 8 heteroatoms. The number of thiazole rings is 1.